The van der Waals surface area contributed by atoms with Gasteiger partial charge in [0.1, 0.15) is 6.04 Å². The van der Waals surface area contributed by atoms with E-state index in [1.807, 2.05) is 13.8 Å². The molecule has 1 atom stereocenters. The van der Waals surface area contributed by atoms with E-state index in [0.29, 0.717) is 0 Å². The highest BCUT2D eigenvalue weighted by Crippen LogP contribution is 1.98. The lowest BCUT2D eigenvalue weighted by atomic mass is 10.1. The van der Waals surface area contributed by atoms with Crippen molar-refractivity contribution in [1.29, 1.82) is 0 Å². The molecule has 0 spiro atoms. The highest BCUT2D eigenvalue weighted by Gasteiger charge is 2.18. The standard InChI is InChI=1S/C8H16N2O3/c1-5(2)10-6(8(12)13)3-4-7(9)11/h5-6,10H,3-4H2,1-2H3,(H2,9,11)(H,12,13)/t6-/m1/s1. The summed E-state index contributed by atoms with van der Waals surface area (Å²) in [7, 11) is 0. The van der Waals surface area contributed by atoms with Gasteiger partial charge >= 0.3 is 5.97 Å². The summed E-state index contributed by atoms with van der Waals surface area (Å²) >= 11 is 0. The van der Waals surface area contributed by atoms with E-state index in [1.54, 1.807) is 0 Å². The van der Waals surface area contributed by atoms with Gasteiger partial charge in [-0.3, -0.25) is 9.59 Å². The predicted octanol–water partition coefficient (Wildman–Crippen LogP) is -0.297. The third kappa shape index (κ3) is 6.10. The van der Waals surface area contributed by atoms with Gasteiger partial charge in [0.2, 0.25) is 5.91 Å². The third-order valence-electron chi connectivity index (χ3n) is 1.51. The number of amides is 1. The number of aliphatic carboxylic acids is 1. The molecule has 1 amide bonds. The number of hydrogen-bond acceptors (Lipinski definition) is 3. The van der Waals surface area contributed by atoms with Crippen molar-refractivity contribution in [1.82, 2.24) is 5.32 Å². The fraction of sp³-hybridized carbons (Fsp3) is 0.750. The van der Waals surface area contributed by atoms with Crippen LogP contribution in [0.2, 0.25) is 0 Å². The van der Waals surface area contributed by atoms with Crippen molar-refractivity contribution in [2.24, 2.45) is 5.73 Å². The van der Waals surface area contributed by atoms with E-state index in [1.165, 1.54) is 0 Å². The van der Waals surface area contributed by atoms with Crippen molar-refractivity contribution in [3.8, 4) is 0 Å². The normalized spacial score (nSPS) is 12.8. The van der Waals surface area contributed by atoms with Crippen LogP contribution in [0.5, 0.6) is 0 Å². The lowest BCUT2D eigenvalue weighted by molar-refractivity contribution is -0.139. The van der Waals surface area contributed by atoms with Gasteiger partial charge in [-0.15, -0.1) is 0 Å². The first-order valence-electron chi connectivity index (χ1n) is 4.20. The first-order valence-corrected chi connectivity index (χ1v) is 4.20. The second-order valence-corrected chi connectivity index (χ2v) is 3.22. The highest BCUT2D eigenvalue weighted by molar-refractivity contribution is 5.77. The van der Waals surface area contributed by atoms with Crippen LogP contribution in [0.25, 0.3) is 0 Å². The van der Waals surface area contributed by atoms with E-state index in [9.17, 15) is 9.59 Å². The molecule has 0 aliphatic heterocycles. The molecule has 0 rings (SSSR count). The summed E-state index contributed by atoms with van der Waals surface area (Å²) in [5, 5.41) is 11.5. The van der Waals surface area contributed by atoms with Crippen LogP contribution in [-0.4, -0.2) is 29.1 Å². The minimum atomic E-state index is -0.949. The van der Waals surface area contributed by atoms with Crippen LogP contribution in [-0.2, 0) is 9.59 Å². The topological polar surface area (TPSA) is 92.4 Å². The fourth-order valence-corrected chi connectivity index (χ4v) is 0.967. The Hall–Kier alpha value is -1.10. The average Bonchev–Trinajstić information content (AvgIpc) is 1.96. The molecule has 0 aromatic carbocycles. The van der Waals surface area contributed by atoms with Gasteiger partial charge in [-0.25, -0.2) is 0 Å². The Balaban J connectivity index is 3.95. The van der Waals surface area contributed by atoms with E-state index in [2.05, 4.69) is 5.32 Å². The molecule has 5 nitrogen and oxygen atoms in total. The molecule has 0 saturated heterocycles. The summed E-state index contributed by atoms with van der Waals surface area (Å²) in [5.41, 5.74) is 4.91. The maximum atomic E-state index is 10.6. The number of rotatable bonds is 6. The Morgan fingerprint density at radius 3 is 2.31 bits per heavy atom. The van der Waals surface area contributed by atoms with Gasteiger partial charge in [-0.1, -0.05) is 13.8 Å². The van der Waals surface area contributed by atoms with Gasteiger partial charge < -0.3 is 16.2 Å². The highest BCUT2D eigenvalue weighted by atomic mass is 16.4. The van der Waals surface area contributed by atoms with Gasteiger partial charge in [-0.2, -0.15) is 0 Å². The molecule has 0 saturated carbocycles. The van der Waals surface area contributed by atoms with Gasteiger partial charge in [0, 0.05) is 12.5 Å². The van der Waals surface area contributed by atoms with Crippen LogP contribution >= 0.6 is 0 Å². The number of carbonyl (C=O) groups is 2. The molecule has 0 bridgehead atoms. The van der Waals surface area contributed by atoms with E-state index in [-0.39, 0.29) is 18.9 Å². The van der Waals surface area contributed by atoms with Crippen molar-refractivity contribution < 1.29 is 14.7 Å². The van der Waals surface area contributed by atoms with Crippen molar-refractivity contribution in [2.75, 3.05) is 0 Å². The summed E-state index contributed by atoms with van der Waals surface area (Å²) in [4.78, 5) is 21.0. The molecular formula is C8H16N2O3. The Bertz CT molecular complexity index is 192. The molecule has 0 fully saturated rings. The van der Waals surface area contributed by atoms with Crippen molar-refractivity contribution in [2.45, 2.75) is 38.8 Å². The molecule has 0 aliphatic rings. The van der Waals surface area contributed by atoms with E-state index >= 15 is 0 Å². The molecule has 0 aliphatic carbocycles. The predicted molar refractivity (Wildman–Crippen MR) is 48.1 cm³/mol. The maximum absolute atomic E-state index is 10.6. The summed E-state index contributed by atoms with van der Waals surface area (Å²) < 4.78 is 0. The monoisotopic (exact) mass is 188 g/mol. The molecule has 76 valence electrons. The first kappa shape index (κ1) is 11.9. The number of nitrogens with two attached hydrogens (primary N) is 1. The van der Waals surface area contributed by atoms with Crippen LogP contribution in [0, 0.1) is 0 Å². The smallest absolute Gasteiger partial charge is 0.320 e. The molecule has 13 heavy (non-hydrogen) atoms. The summed E-state index contributed by atoms with van der Waals surface area (Å²) in [6, 6.07) is -0.610. The lowest BCUT2D eigenvalue weighted by Crippen LogP contribution is -2.41. The molecule has 5 heteroatoms. The van der Waals surface area contributed by atoms with Crippen molar-refractivity contribution in [3.63, 3.8) is 0 Å². The minimum absolute atomic E-state index is 0.0778. The number of carboxylic acid groups (broad SMARTS) is 1. The van der Waals surface area contributed by atoms with Crippen LogP contribution in [0.3, 0.4) is 0 Å². The molecular weight excluding hydrogens is 172 g/mol. The Labute approximate surface area is 77.3 Å². The summed E-state index contributed by atoms with van der Waals surface area (Å²) in [6.07, 6.45) is 0.333. The van der Waals surface area contributed by atoms with Crippen LogP contribution in [0.1, 0.15) is 26.7 Å². The number of hydrogen-bond donors (Lipinski definition) is 3. The maximum Gasteiger partial charge on any atom is 0.320 e. The minimum Gasteiger partial charge on any atom is -0.480 e. The second kappa shape index (κ2) is 5.53. The largest absolute Gasteiger partial charge is 0.480 e. The zero-order valence-corrected chi connectivity index (χ0v) is 7.91. The summed E-state index contributed by atoms with van der Waals surface area (Å²) in [6.45, 7) is 3.69. The first-order chi connectivity index (χ1) is 5.93. The number of carbonyl (C=O) groups excluding carboxylic acids is 1. The fourth-order valence-electron chi connectivity index (χ4n) is 0.967. The third-order valence-corrected chi connectivity index (χ3v) is 1.51. The number of primary amides is 1. The SMILES string of the molecule is CC(C)N[C@H](CCC(N)=O)C(=O)O. The number of nitrogens with one attached hydrogen (secondary N) is 1. The van der Waals surface area contributed by atoms with E-state index in [0.717, 1.165) is 0 Å². The Morgan fingerprint density at radius 1 is 1.46 bits per heavy atom. The van der Waals surface area contributed by atoms with Crippen LogP contribution in [0.4, 0.5) is 0 Å². The van der Waals surface area contributed by atoms with Crippen LogP contribution < -0.4 is 11.1 Å². The van der Waals surface area contributed by atoms with Crippen molar-refractivity contribution in [3.05, 3.63) is 0 Å². The zero-order valence-electron chi connectivity index (χ0n) is 7.91. The number of carboxylic acids is 1. The molecule has 4 N–H and O–H groups in total. The molecule has 0 aromatic heterocycles. The lowest BCUT2D eigenvalue weighted by Gasteiger charge is -2.16. The average molecular weight is 188 g/mol. The van der Waals surface area contributed by atoms with E-state index in [4.69, 9.17) is 10.8 Å². The van der Waals surface area contributed by atoms with Gasteiger partial charge in [0.15, 0.2) is 0 Å². The van der Waals surface area contributed by atoms with Crippen molar-refractivity contribution >= 4 is 11.9 Å². The Morgan fingerprint density at radius 2 is 2.00 bits per heavy atom. The van der Waals surface area contributed by atoms with Gasteiger partial charge in [0.25, 0.3) is 0 Å². The van der Waals surface area contributed by atoms with Gasteiger partial charge in [0.05, 0.1) is 0 Å². The molecule has 0 radical (unpaired) electrons. The molecule has 0 aromatic rings. The van der Waals surface area contributed by atoms with Gasteiger partial charge in [-0.05, 0) is 6.42 Å². The second-order valence-electron chi connectivity index (χ2n) is 3.22. The Kier molecular flexibility index (Phi) is 5.06. The zero-order chi connectivity index (χ0) is 10.4. The molecule has 0 heterocycles. The molecule has 0 unspecified atom stereocenters. The summed E-state index contributed by atoms with van der Waals surface area (Å²) in [5.74, 6) is -1.42. The van der Waals surface area contributed by atoms with E-state index < -0.39 is 17.9 Å². The quantitative estimate of drug-likeness (QED) is 0.533. The van der Waals surface area contributed by atoms with Crippen LogP contribution in [0.15, 0.2) is 0 Å².